The highest BCUT2D eigenvalue weighted by Crippen LogP contribution is 2.22. The zero-order valence-corrected chi connectivity index (χ0v) is 10.4. The van der Waals surface area contributed by atoms with Crippen molar-refractivity contribution in [3.8, 4) is 11.8 Å². The molecule has 1 heterocycles. The van der Waals surface area contributed by atoms with Gasteiger partial charge in [0.25, 0.3) is 0 Å². The van der Waals surface area contributed by atoms with Crippen LogP contribution >= 0.6 is 11.6 Å². The number of aryl methyl sites for hydroxylation is 1. The first kappa shape index (κ1) is 12.5. The van der Waals surface area contributed by atoms with Gasteiger partial charge in [0, 0.05) is 17.5 Å². The molecule has 0 N–H and O–H groups in total. The Morgan fingerprint density at radius 3 is 3.00 bits per heavy atom. The summed E-state index contributed by atoms with van der Waals surface area (Å²) in [7, 11) is 0. The second-order valence-corrected chi connectivity index (χ2v) is 4.34. The Balaban J connectivity index is 2.33. The molecule has 0 radical (unpaired) electrons. The summed E-state index contributed by atoms with van der Waals surface area (Å²) in [6.45, 7) is 1.92. The zero-order valence-electron chi connectivity index (χ0n) is 9.64. The van der Waals surface area contributed by atoms with Crippen molar-refractivity contribution in [2.75, 3.05) is 6.61 Å². The molecule has 0 fully saturated rings. The zero-order chi connectivity index (χ0) is 13.1. The molecule has 0 spiro atoms. The maximum atomic E-state index is 11.3. The highest BCUT2D eigenvalue weighted by Gasteiger charge is 2.06. The summed E-state index contributed by atoms with van der Waals surface area (Å²) in [6.07, 6.45) is 0. The van der Waals surface area contributed by atoms with Crippen LogP contribution in [0.4, 0.5) is 0 Å². The topological polar surface area (TPSA) is 63.2 Å². The van der Waals surface area contributed by atoms with Crippen LogP contribution in [0.5, 0.6) is 5.75 Å². The lowest BCUT2D eigenvalue weighted by Gasteiger charge is -2.07. The molecule has 2 aromatic rings. The number of fused-ring (bicyclic) bond motifs is 1. The average Bonchev–Trinajstić information content (AvgIpc) is 2.35. The van der Waals surface area contributed by atoms with Crippen LogP contribution in [-0.4, -0.2) is 12.0 Å². The van der Waals surface area contributed by atoms with Crippen LogP contribution in [0, 0.1) is 18.3 Å². The average molecular weight is 264 g/mol. The largest absolute Gasteiger partial charge is 0.491 e. The summed E-state index contributed by atoms with van der Waals surface area (Å²) in [6, 6.07) is 8.46. The molecule has 1 aromatic heterocycles. The van der Waals surface area contributed by atoms with Gasteiger partial charge >= 0.3 is 5.63 Å². The highest BCUT2D eigenvalue weighted by molar-refractivity contribution is 6.22. The molecule has 0 saturated heterocycles. The minimum absolute atomic E-state index is 0.0829. The second-order valence-electron chi connectivity index (χ2n) is 3.81. The quantitative estimate of drug-likeness (QED) is 0.631. The lowest BCUT2D eigenvalue weighted by Crippen LogP contribution is -2.09. The van der Waals surface area contributed by atoms with E-state index in [2.05, 4.69) is 0 Å². The Morgan fingerprint density at radius 2 is 2.28 bits per heavy atom. The molecule has 1 unspecified atom stereocenters. The number of rotatable bonds is 3. The van der Waals surface area contributed by atoms with Crippen LogP contribution in [0.1, 0.15) is 5.56 Å². The van der Waals surface area contributed by atoms with Gasteiger partial charge in [-0.25, -0.2) is 4.79 Å². The molecule has 0 aliphatic carbocycles. The lowest BCUT2D eigenvalue weighted by molar-refractivity contribution is 0.329. The van der Waals surface area contributed by atoms with Gasteiger partial charge in [-0.2, -0.15) is 5.26 Å². The van der Waals surface area contributed by atoms with E-state index >= 15 is 0 Å². The van der Waals surface area contributed by atoms with Crippen molar-refractivity contribution in [1.82, 2.24) is 0 Å². The first-order valence-electron chi connectivity index (χ1n) is 5.31. The van der Waals surface area contributed by atoms with Gasteiger partial charge in [0.1, 0.15) is 17.9 Å². The van der Waals surface area contributed by atoms with E-state index in [1.807, 2.05) is 13.0 Å². The predicted octanol–water partition coefficient (Wildman–Crippen LogP) is 2.61. The standard InChI is InChI=1S/C13H10ClNO3/c1-8-4-13(16)18-12-5-10(2-3-11(8)12)17-7-9(14)6-15/h2-5,9H,7H2,1H3. The molecule has 4 nitrogen and oxygen atoms in total. The van der Waals surface area contributed by atoms with E-state index in [9.17, 15) is 4.79 Å². The molecule has 0 saturated carbocycles. The van der Waals surface area contributed by atoms with E-state index in [0.29, 0.717) is 11.3 Å². The summed E-state index contributed by atoms with van der Waals surface area (Å²) < 4.78 is 10.4. The fourth-order valence-electron chi connectivity index (χ4n) is 1.60. The van der Waals surface area contributed by atoms with Crippen LogP contribution in [0.3, 0.4) is 0 Å². The molecule has 0 aliphatic rings. The summed E-state index contributed by atoms with van der Waals surface area (Å²) in [4.78, 5) is 11.3. The fraction of sp³-hybridized carbons (Fsp3) is 0.231. The summed E-state index contributed by atoms with van der Waals surface area (Å²) >= 11 is 5.62. The van der Waals surface area contributed by atoms with Gasteiger partial charge < -0.3 is 9.15 Å². The number of halogens is 1. The van der Waals surface area contributed by atoms with E-state index in [1.54, 1.807) is 18.2 Å². The van der Waals surface area contributed by atoms with Gasteiger partial charge in [-0.05, 0) is 24.6 Å². The number of nitriles is 1. The van der Waals surface area contributed by atoms with Crippen molar-refractivity contribution >= 4 is 22.6 Å². The number of hydrogen-bond donors (Lipinski definition) is 0. The number of alkyl halides is 1. The Morgan fingerprint density at radius 1 is 1.50 bits per heavy atom. The number of benzene rings is 1. The number of ether oxygens (including phenoxy) is 1. The van der Waals surface area contributed by atoms with Crippen molar-refractivity contribution in [3.63, 3.8) is 0 Å². The number of hydrogen-bond acceptors (Lipinski definition) is 4. The van der Waals surface area contributed by atoms with Crippen molar-refractivity contribution < 1.29 is 9.15 Å². The Hall–Kier alpha value is -1.99. The maximum Gasteiger partial charge on any atom is 0.336 e. The molecule has 2 rings (SSSR count). The fourth-order valence-corrected chi connectivity index (χ4v) is 1.66. The van der Waals surface area contributed by atoms with Crippen molar-refractivity contribution in [1.29, 1.82) is 5.26 Å². The SMILES string of the molecule is Cc1cc(=O)oc2cc(OCC(Cl)C#N)ccc12. The van der Waals surface area contributed by atoms with Crippen LogP contribution in [0.15, 0.2) is 33.5 Å². The van der Waals surface area contributed by atoms with Gasteiger partial charge in [0.2, 0.25) is 0 Å². The molecule has 1 atom stereocenters. The molecule has 92 valence electrons. The van der Waals surface area contributed by atoms with E-state index in [-0.39, 0.29) is 6.61 Å². The normalized spacial score (nSPS) is 12.1. The number of nitrogens with zero attached hydrogens (tertiary/aromatic N) is 1. The Bertz CT molecular complexity index is 672. The van der Waals surface area contributed by atoms with Gasteiger partial charge in [-0.3, -0.25) is 0 Å². The molecule has 0 aliphatic heterocycles. The Labute approximate surface area is 108 Å². The summed E-state index contributed by atoms with van der Waals surface area (Å²) in [5, 5.41) is 8.68. The van der Waals surface area contributed by atoms with Crippen molar-refractivity contribution in [2.45, 2.75) is 12.3 Å². The summed E-state index contributed by atoms with van der Waals surface area (Å²) in [5.74, 6) is 0.511. The molecular weight excluding hydrogens is 254 g/mol. The third-order valence-corrected chi connectivity index (χ3v) is 2.68. The van der Waals surface area contributed by atoms with E-state index in [0.717, 1.165) is 10.9 Å². The molecule has 18 heavy (non-hydrogen) atoms. The van der Waals surface area contributed by atoms with E-state index < -0.39 is 11.0 Å². The lowest BCUT2D eigenvalue weighted by atomic mass is 10.1. The minimum atomic E-state index is -0.704. The smallest absolute Gasteiger partial charge is 0.336 e. The first-order valence-corrected chi connectivity index (χ1v) is 5.75. The highest BCUT2D eigenvalue weighted by atomic mass is 35.5. The van der Waals surface area contributed by atoms with Gasteiger partial charge in [-0.1, -0.05) is 0 Å². The van der Waals surface area contributed by atoms with Crippen molar-refractivity contribution in [2.24, 2.45) is 0 Å². The third kappa shape index (κ3) is 2.63. The van der Waals surface area contributed by atoms with E-state index in [4.69, 9.17) is 26.0 Å². The van der Waals surface area contributed by atoms with Crippen LogP contribution < -0.4 is 10.4 Å². The maximum absolute atomic E-state index is 11.3. The minimum Gasteiger partial charge on any atom is -0.491 e. The monoisotopic (exact) mass is 263 g/mol. The van der Waals surface area contributed by atoms with Crippen LogP contribution in [0.2, 0.25) is 0 Å². The molecule has 5 heteroatoms. The Kier molecular flexibility index (Phi) is 3.54. The molecule has 1 aromatic carbocycles. The molecular formula is C13H10ClNO3. The third-order valence-electron chi connectivity index (χ3n) is 2.46. The van der Waals surface area contributed by atoms with Crippen molar-refractivity contribution in [3.05, 3.63) is 40.2 Å². The molecule has 0 bridgehead atoms. The van der Waals surface area contributed by atoms with Gasteiger partial charge in [0.15, 0.2) is 5.38 Å². The summed E-state index contributed by atoms with van der Waals surface area (Å²) in [5.41, 5.74) is 0.907. The van der Waals surface area contributed by atoms with Crippen LogP contribution in [0.25, 0.3) is 11.0 Å². The van der Waals surface area contributed by atoms with Gasteiger partial charge in [-0.15, -0.1) is 11.6 Å². The second kappa shape index (κ2) is 5.11. The van der Waals surface area contributed by atoms with E-state index in [1.165, 1.54) is 6.07 Å². The predicted molar refractivity (Wildman–Crippen MR) is 68.0 cm³/mol. The first-order chi connectivity index (χ1) is 8.60. The van der Waals surface area contributed by atoms with Crippen LogP contribution in [-0.2, 0) is 0 Å². The molecule has 0 amide bonds. The van der Waals surface area contributed by atoms with Gasteiger partial charge in [0.05, 0.1) is 6.07 Å².